The molecule has 68 valence electrons. The van der Waals surface area contributed by atoms with Gasteiger partial charge in [-0.1, -0.05) is 9.64 Å². The van der Waals surface area contributed by atoms with Crippen LogP contribution in [-0.4, -0.2) is 19.7 Å². The summed E-state index contributed by atoms with van der Waals surface area (Å²) >= 11 is 1.24. The number of nitrogens with zero attached hydrogens (tertiary/aromatic N) is 4. The molecule has 2 rings (SSSR count). The molecule has 0 bridgehead atoms. The van der Waals surface area contributed by atoms with E-state index in [9.17, 15) is 0 Å². The summed E-state index contributed by atoms with van der Waals surface area (Å²) in [6, 6.07) is -0.448. The van der Waals surface area contributed by atoms with Gasteiger partial charge in [0.15, 0.2) is 5.82 Å². The normalized spacial score (nSPS) is 13.1. The summed E-state index contributed by atoms with van der Waals surface area (Å²) in [5, 5.41) is 9.28. The highest BCUT2D eigenvalue weighted by Gasteiger charge is 2.16. The van der Waals surface area contributed by atoms with Crippen LogP contribution in [0.3, 0.4) is 0 Å². The van der Waals surface area contributed by atoms with E-state index in [1.807, 2.05) is 0 Å². The first kappa shape index (κ1) is 8.27. The third-order valence-corrected chi connectivity index (χ3v) is 2.04. The zero-order valence-electron chi connectivity index (χ0n) is 6.84. The standard InChI is InChI=1S/C6H7N5OS/c1-3-8-6(10-12-3)5(7)4-2-13-11-9-4/h2,5H,7H2,1H3. The molecule has 0 saturated heterocycles. The first-order chi connectivity index (χ1) is 6.27. The first-order valence-electron chi connectivity index (χ1n) is 3.60. The Morgan fingerprint density at radius 2 is 2.46 bits per heavy atom. The van der Waals surface area contributed by atoms with Gasteiger partial charge in [0.25, 0.3) is 0 Å². The maximum Gasteiger partial charge on any atom is 0.223 e. The van der Waals surface area contributed by atoms with Gasteiger partial charge < -0.3 is 10.3 Å². The van der Waals surface area contributed by atoms with E-state index >= 15 is 0 Å². The maximum atomic E-state index is 5.79. The van der Waals surface area contributed by atoms with Crippen molar-refractivity contribution < 1.29 is 4.52 Å². The van der Waals surface area contributed by atoms with E-state index in [2.05, 4.69) is 19.7 Å². The second kappa shape index (κ2) is 3.19. The molecule has 0 spiro atoms. The Hall–Kier alpha value is -1.34. The van der Waals surface area contributed by atoms with Gasteiger partial charge in [-0.25, -0.2) is 0 Å². The van der Waals surface area contributed by atoms with Crippen molar-refractivity contribution >= 4 is 11.5 Å². The van der Waals surface area contributed by atoms with E-state index in [1.54, 1.807) is 12.3 Å². The predicted molar refractivity (Wildman–Crippen MR) is 45.0 cm³/mol. The van der Waals surface area contributed by atoms with Gasteiger partial charge in [-0.3, -0.25) is 0 Å². The van der Waals surface area contributed by atoms with Crippen molar-refractivity contribution in [1.29, 1.82) is 0 Å². The van der Waals surface area contributed by atoms with Crippen LogP contribution in [0.5, 0.6) is 0 Å². The largest absolute Gasteiger partial charge is 0.340 e. The van der Waals surface area contributed by atoms with Gasteiger partial charge in [-0.15, -0.1) is 5.10 Å². The van der Waals surface area contributed by atoms with Crippen molar-refractivity contribution in [3.05, 3.63) is 22.8 Å². The molecule has 0 radical (unpaired) electrons. The van der Waals surface area contributed by atoms with Gasteiger partial charge in [0.1, 0.15) is 11.7 Å². The lowest BCUT2D eigenvalue weighted by Gasteiger charge is -1.99. The van der Waals surface area contributed by atoms with E-state index in [0.717, 1.165) is 0 Å². The van der Waals surface area contributed by atoms with Crippen LogP contribution in [0.1, 0.15) is 23.5 Å². The number of aromatic nitrogens is 4. The molecule has 1 unspecified atom stereocenters. The number of hydrogen-bond acceptors (Lipinski definition) is 7. The number of nitrogens with two attached hydrogens (primary N) is 1. The lowest BCUT2D eigenvalue weighted by molar-refractivity contribution is 0.385. The highest BCUT2D eigenvalue weighted by molar-refractivity contribution is 7.03. The molecule has 0 amide bonds. The number of hydrogen-bond donors (Lipinski definition) is 1. The molecule has 0 fully saturated rings. The molecule has 0 aliphatic carbocycles. The van der Waals surface area contributed by atoms with E-state index in [1.165, 1.54) is 11.5 Å². The van der Waals surface area contributed by atoms with Gasteiger partial charge in [0.2, 0.25) is 5.89 Å². The second-order valence-corrected chi connectivity index (χ2v) is 3.09. The summed E-state index contributed by atoms with van der Waals surface area (Å²) in [4.78, 5) is 4.00. The Bertz CT molecular complexity index is 383. The minimum atomic E-state index is -0.448. The van der Waals surface area contributed by atoms with E-state index in [-0.39, 0.29) is 0 Å². The monoisotopic (exact) mass is 197 g/mol. The van der Waals surface area contributed by atoms with Crippen molar-refractivity contribution in [2.75, 3.05) is 0 Å². The van der Waals surface area contributed by atoms with Crippen LogP contribution >= 0.6 is 11.5 Å². The van der Waals surface area contributed by atoms with Gasteiger partial charge >= 0.3 is 0 Å². The van der Waals surface area contributed by atoms with Crippen molar-refractivity contribution in [1.82, 2.24) is 19.7 Å². The van der Waals surface area contributed by atoms with Gasteiger partial charge in [-0.05, 0) is 11.5 Å². The van der Waals surface area contributed by atoms with Crippen LogP contribution in [0.25, 0.3) is 0 Å². The topological polar surface area (TPSA) is 90.7 Å². The lowest BCUT2D eigenvalue weighted by atomic mass is 10.2. The summed E-state index contributed by atoms with van der Waals surface area (Å²) < 4.78 is 8.50. The van der Waals surface area contributed by atoms with Crippen molar-refractivity contribution in [2.24, 2.45) is 5.73 Å². The van der Waals surface area contributed by atoms with Crippen molar-refractivity contribution in [2.45, 2.75) is 13.0 Å². The zero-order chi connectivity index (χ0) is 9.26. The number of aryl methyl sites for hydroxylation is 1. The number of rotatable bonds is 2. The summed E-state index contributed by atoms with van der Waals surface area (Å²) in [5.74, 6) is 0.929. The molecule has 2 heterocycles. The van der Waals surface area contributed by atoms with Crippen molar-refractivity contribution in [3.8, 4) is 0 Å². The minimum absolute atomic E-state index is 0.435. The highest BCUT2D eigenvalue weighted by atomic mass is 32.1. The maximum absolute atomic E-state index is 5.79. The van der Waals surface area contributed by atoms with Crippen LogP contribution in [0.2, 0.25) is 0 Å². The van der Waals surface area contributed by atoms with Crippen LogP contribution in [0.15, 0.2) is 9.90 Å². The molecule has 6 nitrogen and oxygen atoms in total. The van der Waals surface area contributed by atoms with E-state index < -0.39 is 6.04 Å². The zero-order valence-corrected chi connectivity index (χ0v) is 7.65. The smallest absolute Gasteiger partial charge is 0.223 e. The Morgan fingerprint density at radius 1 is 1.62 bits per heavy atom. The van der Waals surface area contributed by atoms with Crippen LogP contribution in [0.4, 0.5) is 0 Å². The fourth-order valence-corrected chi connectivity index (χ4v) is 1.37. The average molecular weight is 197 g/mol. The summed E-state index contributed by atoms with van der Waals surface area (Å²) in [6.07, 6.45) is 0. The minimum Gasteiger partial charge on any atom is -0.340 e. The lowest BCUT2D eigenvalue weighted by Crippen LogP contribution is -2.14. The van der Waals surface area contributed by atoms with E-state index in [0.29, 0.717) is 17.4 Å². The van der Waals surface area contributed by atoms with Gasteiger partial charge in [-0.2, -0.15) is 4.98 Å². The van der Waals surface area contributed by atoms with Crippen LogP contribution < -0.4 is 5.73 Å². The second-order valence-electron chi connectivity index (χ2n) is 2.48. The Kier molecular flexibility index (Phi) is 2.03. The summed E-state index contributed by atoms with van der Waals surface area (Å²) in [7, 11) is 0. The third-order valence-electron chi connectivity index (χ3n) is 1.52. The van der Waals surface area contributed by atoms with Gasteiger partial charge in [0.05, 0.1) is 0 Å². The van der Waals surface area contributed by atoms with Crippen LogP contribution in [-0.2, 0) is 0 Å². The molecule has 0 aromatic carbocycles. The van der Waals surface area contributed by atoms with Crippen molar-refractivity contribution in [3.63, 3.8) is 0 Å². The highest BCUT2D eigenvalue weighted by Crippen LogP contribution is 2.14. The quantitative estimate of drug-likeness (QED) is 0.743. The SMILES string of the molecule is Cc1nc(C(N)c2csnn2)no1. The Balaban J connectivity index is 2.28. The molecular weight excluding hydrogens is 190 g/mol. The first-order valence-corrected chi connectivity index (χ1v) is 4.44. The summed E-state index contributed by atoms with van der Waals surface area (Å²) in [6.45, 7) is 1.71. The molecule has 2 aromatic rings. The molecule has 0 saturated carbocycles. The molecule has 2 aromatic heterocycles. The predicted octanol–water partition coefficient (Wildman–Crippen LogP) is 0.278. The molecule has 0 aliphatic rings. The van der Waals surface area contributed by atoms with E-state index in [4.69, 9.17) is 10.3 Å². The molecule has 2 N–H and O–H groups in total. The molecular formula is C6H7N5OS. The summed E-state index contributed by atoms with van der Waals surface area (Å²) in [5.41, 5.74) is 6.45. The fraction of sp³-hybridized carbons (Fsp3) is 0.333. The molecule has 7 heteroatoms. The fourth-order valence-electron chi connectivity index (χ4n) is 0.881. The Labute approximate surface area is 77.9 Å². The molecule has 13 heavy (non-hydrogen) atoms. The third kappa shape index (κ3) is 1.56. The Morgan fingerprint density at radius 3 is 3.00 bits per heavy atom. The average Bonchev–Trinajstić information content (AvgIpc) is 2.72. The van der Waals surface area contributed by atoms with Crippen LogP contribution in [0, 0.1) is 6.92 Å². The van der Waals surface area contributed by atoms with Gasteiger partial charge in [0, 0.05) is 12.3 Å². The molecule has 1 atom stereocenters. The molecule has 0 aliphatic heterocycles.